The maximum absolute atomic E-state index is 14.7. The number of guanidine groups is 2. The number of aliphatic carboxylic acids is 2. The van der Waals surface area contributed by atoms with Crippen molar-refractivity contribution in [2.45, 2.75) is 231 Å². The lowest BCUT2D eigenvalue weighted by atomic mass is 9.95. The molecule has 0 spiro atoms. The minimum Gasteiger partial charge on any atom is -0.508 e. The molecule has 13 amide bonds. The van der Waals surface area contributed by atoms with Gasteiger partial charge in [-0.25, -0.2) is 4.79 Å². The van der Waals surface area contributed by atoms with E-state index in [4.69, 9.17) is 34.4 Å². The van der Waals surface area contributed by atoms with E-state index in [1.54, 1.807) is 97.9 Å². The van der Waals surface area contributed by atoms with E-state index >= 15 is 0 Å². The second kappa shape index (κ2) is 54.0. The van der Waals surface area contributed by atoms with Crippen LogP contribution >= 0.6 is 11.8 Å². The number of phenolic OH excluding ortho intramolecular Hbond substituents is 1. The number of aliphatic imine (C=N–C) groups is 2. The molecule has 0 heterocycles. The number of carboxylic acids is 2. The third-order valence-corrected chi connectivity index (χ3v) is 19.4. The van der Waals surface area contributed by atoms with E-state index in [1.165, 1.54) is 30.8 Å². The van der Waals surface area contributed by atoms with E-state index in [-0.39, 0.29) is 107 Å². The first-order chi connectivity index (χ1) is 54.7. The van der Waals surface area contributed by atoms with Gasteiger partial charge in [-0.3, -0.25) is 77.1 Å². The van der Waals surface area contributed by atoms with E-state index in [2.05, 4.69) is 79.1 Å². The van der Waals surface area contributed by atoms with Gasteiger partial charge >= 0.3 is 11.9 Å². The summed E-state index contributed by atoms with van der Waals surface area (Å²) in [6.45, 7) is 13.5. The minimum atomic E-state index is -1.62. The number of unbranched alkanes of at least 4 members (excludes halogenated alkanes) is 1. The summed E-state index contributed by atoms with van der Waals surface area (Å²) >= 11 is 1.48. The summed E-state index contributed by atoms with van der Waals surface area (Å²) in [6.07, 6.45) is 1.95. The summed E-state index contributed by atoms with van der Waals surface area (Å²) < 4.78 is 0. The van der Waals surface area contributed by atoms with Crippen molar-refractivity contribution in [2.75, 3.05) is 44.7 Å². The number of aromatic hydroxyl groups is 1. The number of phenols is 1. The Labute approximate surface area is 681 Å². The third kappa shape index (κ3) is 39.4. The molecular formula is C76H125N21O18S. The lowest BCUT2D eigenvalue weighted by Crippen LogP contribution is -2.61. The fourth-order valence-corrected chi connectivity index (χ4v) is 12.0. The molecule has 0 radical (unpaired) electrons. The molecule has 648 valence electrons. The summed E-state index contributed by atoms with van der Waals surface area (Å²) in [5.41, 5.74) is 35.3. The number of amides is 13. The molecule has 2 aromatic carbocycles. The maximum Gasteiger partial charge on any atom is 0.326 e. The minimum absolute atomic E-state index is 0.00571. The van der Waals surface area contributed by atoms with Crippen LogP contribution in [-0.2, 0) is 84.8 Å². The number of hydrogen-bond donors (Lipinski definition) is 22. The monoisotopic (exact) mass is 1650 g/mol. The predicted molar refractivity (Wildman–Crippen MR) is 436 cm³/mol. The van der Waals surface area contributed by atoms with Crippen molar-refractivity contribution in [1.82, 2.24) is 69.1 Å². The van der Waals surface area contributed by atoms with Gasteiger partial charge < -0.3 is 119 Å². The summed E-state index contributed by atoms with van der Waals surface area (Å²) in [5, 5.41) is 63.0. The summed E-state index contributed by atoms with van der Waals surface area (Å²) in [5.74, 6) is -16.0. The smallest absolute Gasteiger partial charge is 0.326 e. The number of carbonyl (C=O) groups is 15. The highest BCUT2D eigenvalue weighted by molar-refractivity contribution is 7.98. The summed E-state index contributed by atoms with van der Waals surface area (Å²) in [7, 11) is 0. The quantitative estimate of drug-likeness (QED) is 0.0176. The van der Waals surface area contributed by atoms with Crippen LogP contribution < -0.4 is 104 Å². The number of hydrogen-bond acceptors (Lipinski definition) is 21. The van der Waals surface area contributed by atoms with Gasteiger partial charge in [0.25, 0.3) is 0 Å². The zero-order valence-electron chi connectivity index (χ0n) is 68.0. The normalized spacial score (nSPS) is 14.7. The van der Waals surface area contributed by atoms with Crippen LogP contribution in [-0.4, -0.2) is 233 Å². The largest absolute Gasteiger partial charge is 0.508 e. The highest BCUT2D eigenvalue weighted by Crippen LogP contribution is 2.17. The van der Waals surface area contributed by atoms with Crippen LogP contribution in [0.25, 0.3) is 0 Å². The summed E-state index contributed by atoms with van der Waals surface area (Å²) in [4.78, 5) is 214. The number of thioether (sulfide) groups is 1. The Hall–Kier alpha value is -10.9. The van der Waals surface area contributed by atoms with Crippen molar-refractivity contribution >= 4 is 112 Å². The van der Waals surface area contributed by atoms with Crippen LogP contribution in [0, 0.1) is 23.7 Å². The predicted octanol–water partition coefficient (Wildman–Crippen LogP) is -3.18. The zero-order chi connectivity index (χ0) is 87.3. The fourth-order valence-electron chi connectivity index (χ4n) is 11.5. The standard InChI is InChI=1S/C76H125N21O18S/c1-11-43(7)61(96-72(112)60(42(5)6)95-69(109)50(23-18-33-83-75(79)80)88-58(100)40-85-57(99)39-86-65(105)55(38-47-25-27-48(98)28-26-47)93-64(104)49(78)31-35-116-10)73(113)91-52(24-19-34-84-76(81)82)67(107)89-51(22-16-17-32-77)66(106)87-45(9)63(103)92-54(36-41(3)4)70(110)90-53(29-30-59(101)102)68(108)94-56(37-46-20-14-13-15-21-46)71(111)97-62(74(114)115)44(8)12-2/h13-15,20-21,25-28,41-45,49-56,60-62,98H,11-12,16-19,22-24,29-40,77-78H2,1-10H3,(H,85,99)(H,86,105)(H,87,106)(H,88,100)(H,89,107)(H,90,110)(H,91,113)(H,92,103)(H,93,104)(H,94,108)(H,95,109)(H,96,112)(H,97,111)(H,101,102)(H,114,115)(H4,79,80,83)(H4,81,82,84)/t43-,44-,45-,49-,50-,51-,52-,53-,54-,55-,56-,60-,61-,62-/m0/s1. The molecule has 0 bridgehead atoms. The van der Waals surface area contributed by atoms with E-state index in [0.717, 1.165) is 0 Å². The molecule has 0 saturated carbocycles. The number of carboxylic acid groups (broad SMARTS) is 2. The van der Waals surface area contributed by atoms with E-state index in [1.807, 2.05) is 6.26 Å². The Morgan fingerprint density at radius 2 is 0.871 bits per heavy atom. The van der Waals surface area contributed by atoms with Crippen LogP contribution in [0.15, 0.2) is 64.6 Å². The van der Waals surface area contributed by atoms with Gasteiger partial charge in [0.15, 0.2) is 11.9 Å². The molecule has 14 atom stereocenters. The number of rotatable bonds is 56. The van der Waals surface area contributed by atoms with Crippen molar-refractivity contribution in [2.24, 2.45) is 68.1 Å². The highest BCUT2D eigenvalue weighted by Gasteiger charge is 2.38. The van der Waals surface area contributed by atoms with Crippen LogP contribution in [0.2, 0.25) is 0 Å². The molecule has 28 N–H and O–H groups in total. The lowest BCUT2D eigenvalue weighted by molar-refractivity contribution is -0.144. The Morgan fingerprint density at radius 1 is 0.440 bits per heavy atom. The van der Waals surface area contributed by atoms with Gasteiger partial charge in [-0.1, -0.05) is 111 Å². The molecule has 40 heteroatoms. The number of benzene rings is 2. The molecule has 0 fully saturated rings. The topological polar surface area (TPSA) is 654 Å². The first-order valence-electron chi connectivity index (χ1n) is 38.9. The van der Waals surface area contributed by atoms with Gasteiger partial charge in [-0.05, 0) is 137 Å². The molecule has 0 saturated heterocycles. The number of nitrogens with one attached hydrogen (secondary N) is 13. The maximum atomic E-state index is 14.7. The first kappa shape index (κ1) is 101. The fraction of sp³-hybridized carbons (Fsp3) is 0.618. The second-order valence-corrected chi connectivity index (χ2v) is 30.2. The van der Waals surface area contributed by atoms with Crippen LogP contribution in [0.1, 0.15) is 157 Å². The van der Waals surface area contributed by atoms with Crippen molar-refractivity contribution in [3.63, 3.8) is 0 Å². The van der Waals surface area contributed by atoms with Crippen LogP contribution in [0.3, 0.4) is 0 Å². The number of carbonyl (C=O) groups excluding carboxylic acids is 13. The van der Waals surface area contributed by atoms with E-state index in [0.29, 0.717) is 36.1 Å². The Morgan fingerprint density at radius 3 is 1.39 bits per heavy atom. The first-order valence-corrected chi connectivity index (χ1v) is 40.3. The second-order valence-electron chi connectivity index (χ2n) is 29.2. The van der Waals surface area contributed by atoms with Crippen molar-refractivity contribution < 1.29 is 87.2 Å². The highest BCUT2D eigenvalue weighted by atomic mass is 32.2. The Bertz CT molecular complexity index is 3610. The molecule has 2 aromatic rings. The molecule has 0 unspecified atom stereocenters. The Balaban J connectivity index is 2.43. The molecule has 0 aliphatic carbocycles. The van der Waals surface area contributed by atoms with Crippen molar-refractivity contribution in [3.8, 4) is 5.75 Å². The average Bonchev–Trinajstić information content (AvgIpc) is 0.848. The van der Waals surface area contributed by atoms with E-state index < -0.39 is 205 Å². The van der Waals surface area contributed by atoms with Gasteiger partial charge in [0, 0.05) is 32.4 Å². The lowest BCUT2D eigenvalue weighted by Gasteiger charge is -2.30. The summed E-state index contributed by atoms with van der Waals surface area (Å²) in [6, 6.07) is -2.12. The average molecular weight is 1650 g/mol. The molecule has 116 heavy (non-hydrogen) atoms. The third-order valence-electron chi connectivity index (χ3n) is 18.7. The zero-order valence-corrected chi connectivity index (χ0v) is 68.8. The molecule has 39 nitrogen and oxygen atoms in total. The van der Waals surface area contributed by atoms with Crippen molar-refractivity contribution in [1.29, 1.82) is 0 Å². The molecule has 2 rings (SSSR count). The van der Waals surface area contributed by atoms with Crippen LogP contribution in [0.5, 0.6) is 5.75 Å². The van der Waals surface area contributed by atoms with Crippen LogP contribution in [0.4, 0.5) is 0 Å². The Kier molecular flexibility index (Phi) is 47.1. The molecular weight excluding hydrogens is 1530 g/mol. The SMILES string of the molecule is CC[C@H](C)[C@H](NC(=O)[C@H](Cc1ccccc1)NC(=O)[C@H](CCC(=O)O)NC(=O)[C@H](CC(C)C)NC(=O)[C@H](C)NC(=O)[C@H](CCCCN)NC(=O)[C@H](CCCN=C(N)N)NC(=O)[C@@H](NC(=O)[C@@H](NC(=O)[C@H](CCCN=C(N)N)NC(=O)CNC(=O)CNC(=O)[C@H](Cc1ccc(O)cc1)NC(=O)[C@@H](N)CCSC)C(C)C)[C@@H](C)CC)C(=O)O. The molecule has 0 aromatic heterocycles. The van der Waals surface area contributed by atoms with Gasteiger partial charge in [-0.2, -0.15) is 11.8 Å². The molecule has 0 aliphatic rings. The van der Waals surface area contributed by atoms with Gasteiger partial charge in [0.05, 0.1) is 19.1 Å². The molecule has 0 aliphatic heterocycles. The van der Waals surface area contributed by atoms with Crippen molar-refractivity contribution in [3.05, 3.63) is 65.7 Å². The number of nitrogens with two attached hydrogens (primary N) is 6. The number of nitrogens with zero attached hydrogens (tertiary/aromatic N) is 2. The van der Waals surface area contributed by atoms with Gasteiger partial charge in [-0.15, -0.1) is 0 Å². The van der Waals surface area contributed by atoms with Gasteiger partial charge in [0.2, 0.25) is 76.8 Å². The van der Waals surface area contributed by atoms with Gasteiger partial charge in [0.1, 0.15) is 72.2 Å². The van der Waals surface area contributed by atoms with E-state index in [9.17, 15) is 87.2 Å².